The van der Waals surface area contributed by atoms with Crippen LogP contribution in [0.5, 0.6) is 0 Å². The molecule has 1 N–H and O–H groups in total. The highest BCUT2D eigenvalue weighted by Crippen LogP contribution is 2.27. The van der Waals surface area contributed by atoms with Gasteiger partial charge in [-0.3, -0.25) is 4.79 Å². The zero-order chi connectivity index (χ0) is 16.1. The first-order chi connectivity index (χ1) is 11.2. The molecule has 0 unspecified atom stereocenters. The summed E-state index contributed by atoms with van der Waals surface area (Å²) < 4.78 is 13.0. The van der Waals surface area contributed by atoms with Crippen molar-refractivity contribution < 1.29 is 9.18 Å². The molecule has 3 nitrogen and oxygen atoms in total. The number of hydrogen-bond acceptors (Lipinski definition) is 2. The molecule has 1 aliphatic heterocycles. The van der Waals surface area contributed by atoms with Gasteiger partial charge < -0.3 is 10.2 Å². The normalized spacial score (nSPS) is 19.9. The molecule has 3 rings (SSSR count). The van der Waals surface area contributed by atoms with Crippen molar-refractivity contribution in [2.45, 2.75) is 51.0 Å². The fourth-order valence-electron chi connectivity index (χ4n) is 3.89. The molecule has 0 spiro atoms. The molecule has 1 aliphatic carbocycles. The van der Waals surface area contributed by atoms with Crippen LogP contribution in [0.4, 0.5) is 4.39 Å². The number of amides is 1. The van der Waals surface area contributed by atoms with Gasteiger partial charge in [-0.2, -0.15) is 0 Å². The molecule has 1 heterocycles. The molecule has 2 fully saturated rings. The minimum atomic E-state index is -0.202. The third kappa shape index (κ3) is 4.31. The summed E-state index contributed by atoms with van der Waals surface area (Å²) in [5.74, 6) is 0.331. The maximum atomic E-state index is 13.0. The second kappa shape index (κ2) is 7.91. The lowest BCUT2D eigenvalue weighted by atomic mass is 9.95. The second-order valence-electron chi connectivity index (χ2n) is 6.87. The fourth-order valence-corrected chi connectivity index (χ4v) is 3.89. The van der Waals surface area contributed by atoms with E-state index in [0.29, 0.717) is 11.9 Å². The Morgan fingerprint density at radius 2 is 1.74 bits per heavy atom. The van der Waals surface area contributed by atoms with Crippen molar-refractivity contribution in [2.24, 2.45) is 5.92 Å². The summed E-state index contributed by atoms with van der Waals surface area (Å²) in [7, 11) is 0. The SMILES string of the molecule is O=C(C1CCNCC1)N(CCc1ccc(F)cc1)C1CCCC1. The Morgan fingerprint density at radius 1 is 1.09 bits per heavy atom. The van der Waals surface area contributed by atoms with Crippen LogP contribution in [-0.4, -0.2) is 36.5 Å². The first kappa shape index (κ1) is 16.4. The van der Waals surface area contributed by atoms with Gasteiger partial charge in [0.15, 0.2) is 0 Å². The Kier molecular flexibility index (Phi) is 5.65. The highest BCUT2D eigenvalue weighted by molar-refractivity contribution is 5.79. The van der Waals surface area contributed by atoms with E-state index in [-0.39, 0.29) is 11.7 Å². The van der Waals surface area contributed by atoms with E-state index in [1.807, 2.05) is 12.1 Å². The topological polar surface area (TPSA) is 32.3 Å². The van der Waals surface area contributed by atoms with Crippen molar-refractivity contribution in [3.8, 4) is 0 Å². The van der Waals surface area contributed by atoms with Crippen LogP contribution in [-0.2, 0) is 11.2 Å². The number of halogens is 1. The molecule has 126 valence electrons. The van der Waals surface area contributed by atoms with Gasteiger partial charge in [-0.1, -0.05) is 25.0 Å². The van der Waals surface area contributed by atoms with Crippen molar-refractivity contribution in [3.63, 3.8) is 0 Å². The van der Waals surface area contributed by atoms with Gasteiger partial charge in [-0.25, -0.2) is 4.39 Å². The summed E-state index contributed by atoms with van der Waals surface area (Å²) in [6, 6.07) is 7.08. The monoisotopic (exact) mass is 318 g/mol. The van der Waals surface area contributed by atoms with Crippen LogP contribution >= 0.6 is 0 Å². The summed E-state index contributed by atoms with van der Waals surface area (Å²) in [6.45, 7) is 2.67. The maximum absolute atomic E-state index is 13.0. The highest BCUT2D eigenvalue weighted by Gasteiger charge is 2.31. The third-order valence-corrected chi connectivity index (χ3v) is 5.29. The predicted octanol–water partition coefficient (Wildman–Crippen LogP) is 3.14. The van der Waals surface area contributed by atoms with E-state index < -0.39 is 0 Å². The van der Waals surface area contributed by atoms with Crippen molar-refractivity contribution in [3.05, 3.63) is 35.6 Å². The molecule has 1 saturated carbocycles. The third-order valence-electron chi connectivity index (χ3n) is 5.29. The quantitative estimate of drug-likeness (QED) is 0.904. The van der Waals surface area contributed by atoms with E-state index in [4.69, 9.17) is 0 Å². The van der Waals surface area contributed by atoms with Crippen LogP contribution in [0, 0.1) is 11.7 Å². The van der Waals surface area contributed by atoms with Gasteiger partial charge in [-0.15, -0.1) is 0 Å². The summed E-state index contributed by atoms with van der Waals surface area (Å²) in [4.78, 5) is 15.1. The van der Waals surface area contributed by atoms with Crippen LogP contribution < -0.4 is 5.32 Å². The Labute approximate surface area is 138 Å². The molecule has 0 aromatic heterocycles. The molecule has 4 heteroatoms. The van der Waals surface area contributed by atoms with Crippen LogP contribution in [0.3, 0.4) is 0 Å². The second-order valence-corrected chi connectivity index (χ2v) is 6.87. The number of hydrogen-bond donors (Lipinski definition) is 1. The lowest BCUT2D eigenvalue weighted by Gasteiger charge is -2.34. The summed E-state index contributed by atoms with van der Waals surface area (Å²) in [6.07, 6.45) is 7.47. The molecule has 0 atom stereocenters. The Bertz CT molecular complexity index is 505. The molecule has 1 saturated heterocycles. The minimum Gasteiger partial charge on any atom is -0.339 e. The minimum absolute atomic E-state index is 0.185. The standard InChI is InChI=1S/C19H27FN2O/c20-17-7-5-15(6-8-17)11-14-22(18-3-1-2-4-18)19(23)16-9-12-21-13-10-16/h5-8,16,18,21H,1-4,9-14H2. The summed E-state index contributed by atoms with van der Waals surface area (Å²) in [5, 5.41) is 3.33. The van der Waals surface area contributed by atoms with Crippen LogP contribution in [0.25, 0.3) is 0 Å². The first-order valence-corrected chi connectivity index (χ1v) is 8.99. The van der Waals surface area contributed by atoms with E-state index in [2.05, 4.69) is 10.2 Å². The van der Waals surface area contributed by atoms with Crippen molar-refractivity contribution >= 4 is 5.91 Å². The van der Waals surface area contributed by atoms with Crippen LogP contribution in [0.15, 0.2) is 24.3 Å². The molecule has 2 aliphatic rings. The highest BCUT2D eigenvalue weighted by atomic mass is 19.1. The smallest absolute Gasteiger partial charge is 0.226 e. The summed E-state index contributed by atoms with van der Waals surface area (Å²) in [5.41, 5.74) is 1.10. The van der Waals surface area contributed by atoms with Crippen molar-refractivity contribution in [2.75, 3.05) is 19.6 Å². The molecular weight excluding hydrogens is 291 g/mol. The number of nitrogens with zero attached hydrogens (tertiary/aromatic N) is 1. The number of rotatable bonds is 5. The molecule has 23 heavy (non-hydrogen) atoms. The van der Waals surface area contributed by atoms with Gasteiger partial charge in [0.05, 0.1) is 0 Å². The van der Waals surface area contributed by atoms with Gasteiger partial charge in [0.1, 0.15) is 5.82 Å². The Morgan fingerprint density at radius 3 is 2.39 bits per heavy atom. The zero-order valence-corrected chi connectivity index (χ0v) is 13.8. The van der Waals surface area contributed by atoms with Gasteiger partial charge in [0.25, 0.3) is 0 Å². The number of carbonyl (C=O) groups is 1. The van der Waals surface area contributed by atoms with Crippen molar-refractivity contribution in [1.29, 1.82) is 0 Å². The lowest BCUT2D eigenvalue weighted by molar-refractivity contribution is -0.138. The van der Waals surface area contributed by atoms with E-state index in [1.165, 1.54) is 25.0 Å². The van der Waals surface area contributed by atoms with Gasteiger partial charge in [-0.05, 0) is 62.9 Å². The molecule has 1 amide bonds. The molecule has 0 radical (unpaired) electrons. The van der Waals surface area contributed by atoms with Gasteiger partial charge >= 0.3 is 0 Å². The Hall–Kier alpha value is -1.42. The number of benzene rings is 1. The number of carbonyl (C=O) groups excluding carboxylic acids is 1. The molecule has 0 bridgehead atoms. The van der Waals surface area contributed by atoms with Crippen LogP contribution in [0.2, 0.25) is 0 Å². The van der Waals surface area contributed by atoms with Crippen LogP contribution in [0.1, 0.15) is 44.1 Å². The van der Waals surface area contributed by atoms with E-state index in [1.54, 1.807) is 0 Å². The summed E-state index contributed by atoms with van der Waals surface area (Å²) >= 11 is 0. The van der Waals surface area contributed by atoms with Gasteiger partial charge in [0.2, 0.25) is 5.91 Å². The van der Waals surface area contributed by atoms with E-state index in [0.717, 1.165) is 57.3 Å². The number of piperidine rings is 1. The first-order valence-electron chi connectivity index (χ1n) is 8.99. The largest absolute Gasteiger partial charge is 0.339 e. The lowest BCUT2D eigenvalue weighted by Crippen LogP contribution is -2.46. The zero-order valence-electron chi connectivity index (χ0n) is 13.8. The Balaban J connectivity index is 1.64. The fraction of sp³-hybridized carbons (Fsp3) is 0.632. The maximum Gasteiger partial charge on any atom is 0.226 e. The average Bonchev–Trinajstić information content (AvgIpc) is 3.12. The van der Waals surface area contributed by atoms with E-state index in [9.17, 15) is 9.18 Å². The van der Waals surface area contributed by atoms with Gasteiger partial charge in [0, 0.05) is 18.5 Å². The molecule has 1 aromatic carbocycles. The van der Waals surface area contributed by atoms with E-state index >= 15 is 0 Å². The van der Waals surface area contributed by atoms with Crippen molar-refractivity contribution in [1.82, 2.24) is 10.2 Å². The predicted molar refractivity (Wildman–Crippen MR) is 89.7 cm³/mol. The molecular formula is C19H27FN2O. The number of nitrogens with one attached hydrogen (secondary N) is 1. The molecule has 1 aromatic rings. The average molecular weight is 318 g/mol.